The van der Waals surface area contributed by atoms with Crippen LogP contribution in [0.4, 0.5) is 11.4 Å². The summed E-state index contributed by atoms with van der Waals surface area (Å²) in [5, 5.41) is 0. The number of fused-ring (bicyclic) bond motifs is 6. The van der Waals surface area contributed by atoms with Gasteiger partial charge in [0.1, 0.15) is 0 Å². The van der Waals surface area contributed by atoms with Crippen LogP contribution in [0.2, 0.25) is 0 Å². The van der Waals surface area contributed by atoms with Crippen molar-refractivity contribution < 1.29 is 0 Å². The molecule has 0 radical (unpaired) electrons. The van der Waals surface area contributed by atoms with Crippen molar-refractivity contribution in [1.82, 2.24) is 0 Å². The first-order chi connectivity index (χ1) is 14.1. The Bertz CT molecular complexity index is 806. The maximum atomic E-state index is 2.62. The Labute approximate surface area is 185 Å². The Kier molecular flexibility index (Phi) is 6.70. The molecule has 2 nitrogen and oxygen atoms in total. The van der Waals surface area contributed by atoms with Crippen LogP contribution in [0.5, 0.6) is 0 Å². The molecule has 0 spiro atoms. The average molecular weight is 427 g/mol. The van der Waals surface area contributed by atoms with Crippen LogP contribution in [0, 0.1) is 13.8 Å². The van der Waals surface area contributed by atoms with Gasteiger partial charge >= 0.3 is 0 Å². The summed E-state index contributed by atoms with van der Waals surface area (Å²) in [6.45, 7) is 12.2. The summed E-state index contributed by atoms with van der Waals surface area (Å²) >= 11 is 4.11. The molecule has 2 heterocycles. The first kappa shape index (κ1) is 21.0. The fourth-order valence-corrected chi connectivity index (χ4v) is 7.12. The summed E-state index contributed by atoms with van der Waals surface area (Å²) in [7, 11) is 0. The van der Waals surface area contributed by atoms with Gasteiger partial charge in [-0.05, 0) is 72.6 Å². The molecule has 0 atom stereocenters. The number of unbranched alkanes of at least 4 members (excludes halogenated alkanes) is 2. The lowest BCUT2D eigenvalue weighted by Crippen LogP contribution is -2.46. The zero-order valence-corrected chi connectivity index (χ0v) is 20.0. The fraction of sp³-hybridized carbons (Fsp3) is 0.520. The Balaban J connectivity index is 1.68. The number of rotatable bonds is 8. The monoisotopic (exact) mass is 426 g/mol. The van der Waals surface area contributed by atoms with E-state index >= 15 is 0 Å². The van der Waals surface area contributed by atoms with Crippen molar-refractivity contribution in [1.29, 1.82) is 0 Å². The Morgan fingerprint density at radius 2 is 1.17 bits per heavy atom. The molecule has 4 heteroatoms. The quantitative estimate of drug-likeness (QED) is 0.320. The largest absolute Gasteiger partial charge is 0.348 e. The van der Waals surface area contributed by atoms with E-state index in [1.165, 1.54) is 80.6 Å². The normalized spacial score (nSPS) is 14.8. The number of hydrogen-bond donors (Lipinski definition) is 0. The van der Waals surface area contributed by atoms with E-state index in [1.54, 1.807) is 0 Å². The predicted molar refractivity (Wildman–Crippen MR) is 131 cm³/mol. The molecule has 0 amide bonds. The summed E-state index contributed by atoms with van der Waals surface area (Å²) in [4.78, 5) is 8.22. The van der Waals surface area contributed by atoms with Crippen LogP contribution < -0.4 is 9.80 Å². The molecular weight excluding hydrogens is 392 g/mol. The van der Waals surface area contributed by atoms with Crippen LogP contribution in [0.15, 0.2) is 34.1 Å². The van der Waals surface area contributed by atoms with Crippen LogP contribution in [-0.2, 0) is 13.1 Å². The molecule has 0 N–H and O–H groups in total. The number of aryl methyl sites for hydroxylation is 2. The van der Waals surface area contributed by atoms with Gasteiger partial charge < -0.3 is 9.80 Å². The molecule has 0 fully saturated rings. The number of hydrogen-bond acceptors (Lipinski definition) is 4. The predicted octanol–water partition coefficient (Wildman–Crippen LogP) is 7.39. The molecule has 156 valence electrons. The maximum absolute atomic E-state index is 2.62. The first-order valence-corrected chi connectivity index (χ1v) is 13.1. The highest BCUT2D eigenvalue weighted by Gasteiger charge is 2.33. The van der Waals surface area contributed by atoms with Crippen molar-refractivity contribution in [2.45, 2.75) is 76.3 Å². The van der Waals surface area contributed by atoms with E-state index in [2.05, 4.69) is 85.3 Å². The van der Waals surface area contributed by atoms with Crippen LogP contribution >= 0.6 is 23.5 Å². The smallest absolute Gasteiger partial charge is 0.0910 e. The van der Waals surface area contributed by atoms with Gasteiger partial charge in [-0.2, -0.15) is 0 Å². The van der Waals surface area contributed by atoms with Gasteiger partial charge in [0, 0.05) is 22.9 Å². The minimum atomic E-state index is 1.02. The molecule has 0 saturated carbocycles. The van der Waals surface area contributed by atoms with E-state index in [4.69, 9.17) is 0 Å². The molecule has 0 aliphatic carbocycles. The Hall–Kier alpha value is -1.26. The van der Waals surface area contributed by atoms with Crippen molar-refractivity contribution in [3.8, 4) is 0 Å². The molecule has 0 aromatic heterocycles. The van der Waals surface area contributed by atoms with Crippen molar-refractivity contribution in [3.05, 3.63) is 46.5 Å². The molecular formula is C25H34N2S2. The van der Waals surface area contributed by atoms with Crippen molar-refractivity contribution in [2.75, 3.05) is 28.0 Å². The van der Waals surface area contributed by atoms with Gasteiger partial charge in [-0.15, -0.1) is 23.5 Å². The Morgan fingerprint density at radius 3 is 1.59 bits per heavy atom. The summed E-state index contributed by atoms with van der Waals surface area (Å²) in [6, 6.07) is 9.65. The van der Waals surface area contributed by atoms with Gasteiger partial charge in [-0.25, -0.2) is 0 Å². The van der Waals surface area contributed by atoms with Gasteiger partial charge in [0.15, 0.2) is 0 Å². The SMILES string of the molecule is CCCCSc1cc(C)cc2c1N1Cc3cc(C)cc(SCCCC)c3N(C2)C1. The number of thioether (sulfide) groups is 2. The number of benzene rings is 2. The number of anilines is 2. The second kappa shape index (κ2) is 9.26. The van der Waals surface area contributed by atoms with Crippen molar-refractivity contribution >= 4 is 34.9 Å². The van der Waals surface area contributed by atoms with Crippen LogP contribution in [0.3, 0.4) is 0 Å². The summed E-state index contributed by atoms with van der Waals surface area (Å²) in [5.74, 6) is 2.44. The fourth-order valence-electron chi connectivity index (χ4n) is 4.49. The third-order valence-electron chi connectivity index (χ3n) is 5.80. The van der Waals surface area contributed by atoms with Gasteiger partial charge in [-0.1, -0.05) is 38.8 Å². The lowest BCUT2D eigenvalue weighted by atomic mass is 9.99. The van der Waals surface area contributed by atoms with E-state index in [0.29, 0.717) is 0 Å². The topological polar surface area (TPSA) is 6.48 Å². The van der Waals surface area contributed by atoms with E-state index in [9.17, 15) is 0 Å². The van der Waals surface area contributed by atoms with Crippen molar-refractivity contribution in [3.63, 3.8) is 0 Å². The molecule has 0 saturated heterocycles. The van der Waals surface area contributed by atoms with Gasteiger partial charge in [0.2, 0.25) is 0 Å². The van der Waals surface area contributed by atoms with E-state index in [-0.39, 0.29) is 0 Å². The maximum Gasteiger partial charge on any atom is 0.0910 e. The minimum Gasteiger partial charge on any atom is -0.348 e. The average Bonchev–Trinajstić information content (AvgIpc) is 2.67. The lowest BCUT2D eigenvalue weighted by molar-refractivity contribution is 0.638. The second-order valence-electron chi connectivity index (χ2n) is 8.48. The molecule has 2 aliphatic heterocycles. The first-order valence-electron chi connectivity index (χ1n) is 11.1. The van der Waals surface area contributed by atoms with Gasteiger partial charge in [0.25, 0.3) is 0 Å². The molecule has 29 heavy (non-hydrogen) atoms. The van der Waals surface area contributed by atoms with E-state index < -0.39 is 0 Å². The second-order valence-corrected chi connectivity index (χ2v) is 10.8. The van der Waals surface area contributed by atoms with E-state index in [1.807, 2.05) is 0 Å². The minimum absolute atomic E-state index is 1.02. The van der Waals surface area contributed by atoms with Crippen LogP contribution in [0.1, 0.15) is 61.8 Å². The molecule has 2 aromatic carbocycles. The molecule has 2 aliphatic rings. The lowest BCUT2D eigenvalue weighted by Gasteiger charge is -2.46. The van der Waals surface area contributed by atoms with Gasteiger partial charge in [0.05, 0.1) is 18.0 Å². The zero-order valence-electron chi connectivity index (χ0n) is 18.4. The third kappa shape index (κ3) is 4.44. The zero-order chi connectivity index (χ0) is 20.4. The highest BCUT2D eigenvalue weighted by Crippen LogP contribution is 2.46. The summed E-state index contributed by atoms with van der Waals surface area (Å²) in [5.41, 5.74) is 8.80. The molecule has 2 aromatic rings. The number of nitrogens with zero attached hydrogens (tertiary/aromatic N) is 2. The van der Waals surface area contributed by atoms with Crippen LogP contribution in [0.25, 0.3) is 0 Å². The highest BCUT2D eigenvalue weighted by atomic mass is 32.2. The molecule has 2 bridgehead atoms. The summed E-state index contributed by atoms with van der Waals surface area (Å²) in [6.07, 6.45) is 5.12. The standard InChI is InChI=1S/C25H34N2S2/c1-5-7-9-28-22-13-18(3)11-20-15-27-17-26(24(20)22)16-21-12-19(4)14-23(25(21)27)29-10-8-6-2/h11-14H,5-10,15-17H2,1-4H3. The van der Waals surface area contributed by atoms with Crippen LogP contribution in [-0.4, -0.2) is 18.2 Å². The molecule has 0 unspecified atom stereocenters. The molecule has 4 rings (SSSR count). The Morgan fingerprint density at radius 1 is 0.724 bits per heavy atom. The summed E-state index contributed by atoms with van der Waals surface area (Å²) < 4.78 is 0. The third-order valence-corrected chi connectivity index (χ3v) is 8.03. The van der Waals surface area contributed by atoms with Gasteiger partial charge in [-0.3, -0.25) is 0 Å². The van der Waals surface area contributed by atoms with E-state index in [0.717, 1.165) is 19.8 Å². The van der Waals surface area contributed by atoms with Crippen molar-refractivity contribution in [2.24, 2.45) is 0 Å². The highest BCUT2D eigenvalue weighted by molar-refractivity contribution is 7.99.